The standard InChI is InChI=1S/C11H13ClN4/c1-2-13-5-9-3-4-11(14-6-9)16-8-10(12)7-15-16/h3-4,6-8,13H,2,5H2,1H3. The average molecular weight is 237 g/mol. The molecule has 0 aliphatic rings. The third-order valence-electron chi connectivity index (χ3n) is 2.17. The van der Waals surface area contributed by atoms with Crippen molar-refractivity contribution in [2.24, 2.45) is 0 Å². The zero-order chi connectivity index (χ0) is 11.4. The smallest absolute Gasteiger partial charge is 0.153 e. The van der Waals surface area contributed by atoms with E-state index in [1.807, 2.05) is 18.3 Å². The summed E-state index contributed by atoms with van der Waals surface area (Å²) in [4.78, 5) is 4.32. The van der Waals surface area contributed by atoms with Crippen LogP contribution in [0.3, 0.4) is 0 Å². The lowest BCUT2D eigenvalue weighted by molar-refractivity contribution is 0.722. The summed E-state index contributed by atoms with van der Waals surface area (Å²) in [5.41, 5.74) is 1.16. The van der Waals surface area contributed by atoms with Crippen LogP contribution in [-0.2, 0) is 6.54 Å². The molecule has 5 heteroatoms. The van der Waals surface area contributed by atoms with Crippen molar-refractivity contribution < 1.29 is 0 Å². The molecule has 0 fully saturated rings. The predicted octanol–water partition coefficient (Wildman–Crippen LogP) is 2.03. The minimum atomic E-state index is 0.610. The van der Waals surface area contributed by atoms with Crippen LogP contribution in [0.1, 0.15) is 12.5 Å². The van der Waals surface area contributed by atoms with E-state index in [1.165, 1.54) is 0 Å². The Morgan fingerprint density at radius 3 is 2.81 bits per heavy atom. The highest BCUT2D eigenvalue weighted by molar-refractivity contribution is 6.30. The topological polar surface area (TPSA) is 42.7 Å². The Labute approximate surface area is 99.3 Å². The molecule has 0 atom stereocenters. The number of aromatic nitrogens is 3. The fraction of sp³-hybridized carbons (Fsp3) is 0.273. The Hall–Kier alpha value is -1.39. The van der Waals surface area contributed by atoms with E-state index in [1.54, 1.807) is 17.1 Å². The molecule has 2 aromatic heterocycles. The first-order valence-corrected chi connectivity index (χ1v) is 5.53. The molecule has 2 aromatic rings. The number of halogens is 1. The Kier molecular flexibility index (Phi) is 3.54. The SMILES string of the molecule is CCNCc1ccc(-n2cc(Cl)cn2)nc1. The highest BCUT2D eigenvalue weighted by Crippen LogP contribution is 2.10. The van der Waals surface area contributed by atoms with Crippen LogP contribution < -0.4 is 5.32 Å². The number of rotatable bonds is 4. The minimum Gasteiger partial charge on any atom is -0.313 e. The fourth-order valence-corrected chi connectivity index (χ4v) is 1.49. The van der Waals surface area contributed by atoms with E-state index < -0.39 is 0 Å². The van der Waals surface area contributed by atoms with E-state index in [9.17, 15) is 0 Å². The maximum Gasteiger partial charge on any atom is 0.153 e. The van der Waals surface area contributed by atoms with Gasteiger partial charge in [0, 0.05) is 12.7 Å². The van der Waals surface area contributed by atoms with Crippen LogP contribution in [0.5, 0.6) is 0 Å². The molecule has 0 spiro atoms. The Morgan fingerprint density at radius 2 is 2.25 bits per heavy atom. The van der Waals surface area contributed by atoms with Gasteiger partial charge in [-0.2, -0.15) is 5.10 Å². The molecule has 0 aliphatic heterocycles. The summed E-state index contributed by atoms with van der Waals surface area (Å²) in [6, 6.07) is 3.95. The van der Waals surface area contributed by atoms with Gasteiger partial charge in [-0.3, -0.25) is 0 Å². The third kappa shape index (κ3) is 2.59. The van der Waals surface area contributed by atoms with Gasteiger partial charge in [-0.15, -0.1) is 0 Å². The summed E-state index contributed by atoms with van der Waals surface area (Å²) in [5.74, 6) is 0.771. The molecule has 1 N–H and O–H groups in total. The van der Waals surface area contributed by atoms with Crippen LogP contribution >= 0.6 is 11.6 Å². The molecule has 0 unspecified atom stereocenters. The molecule has 2 rings (SSSR count). The number of hydrogen-bond donors (Lipinski definition) is 1. The summed E-state index contributed by atoms with van der Waals surface area (Å²) in [7, 11) is 0. The van der Waals surface area contributed by atoms with E-state index in [0.717, 1.165) is 24.5 Å². The second-order valence-corrected chi connectivity index (χ2v) is 3.84. The normalized spacial score (nSPS) is 10.6. The van der Waals surface area contributed by atoms with Crippen LogP contribution in [0, 0.1) is 0 Å². The maximum absolute atomic E-state index is 5.79. The number of hydrogen-bond acceptors (Lipinski definition) is 3. The fourth-order valence-electron chi connectivity index (χ4n) is 1.35. The quantitative estimate of drug-likeness (QED) is 0.884. The first-order valence-electron chi connectivity index (χ1n) is 5.16. The number of nitrogens with one attached hydrogen (secondary N) is 1. The van der Waals surface area contributed by atoms with Crippen LogP contribution in [0.2, 0.25) is 5.02 Å². The predicted molar refractivity (Wildman–Crippen MR) is 63.7 cm³/mol. The highest BCUT2D eigenvalue weighted by Gasteiger charge is 2.00. The van der Waals surface area contributed by atoms with Gasteiger partial charge in [0.2, 0.25) is 0 Å². The van der Waals surface area contributed by atoms with E-state index in [2.05, 4.69) is 22.3 Å². The average Bonchev–Trinajstić information content (AvgIpc) is 2.74. The van der Waals surface area contributed by atoms with Gasteiger partial charge in [0.05, 0.1) is 17.4 Å². The Balaban J connectivity index is 2.13. The van der Waals surface area contributed by atoms with Gasteiger partial charge in [-0.05, 0) is 18.2 Å². The molecule has 0 saturated heterocycles. The van der Waals surface area contributed by atoms with Crippen LogP contribution in [-0.4, -0.2) is 21.3 Å². The van der Waals surface area contributed by atoms with Crippen LogP contribution in [0.25, 0.3) is 5.82 Å². The summed E-state index contributed by atoms with van der Waals surface area (Å²) in [6.07, 6.45) is 5.16. The summed E-state index contributed by atoms with van der Waals surface area (Å²) >= 11 is 5.79. The van der Waals surface area contributed by atoms with Crippen molar-refractivity contribution in [3.63, 3.8) is 0 Å². The molecule has 0 amide bonds. The maximum atomic E-state index is 5.79. The number of nitrogens with zero attached hydrogens (tertiary/aromatic N) is 3. The first kappa shape index (κ1) is 11.1. The summed E-state index contributed by atoms with van der Waals surface area (Å²) < 4.78 is 1.65. The van der Waals surface area contributed by atoms with Crippen molar-refractivity contribution in [2.45, 2.75) is 13.5 Å². The molecule has 0 aliphatic carbocycles. The van der Waals surface area contributed by atoms with Crippen LogP contribution in [0.4, 0.5) is 0 Å². The zero-order valence-electron chi connectivity index (χ0n) is 9.02. The van der Waals surface area contributed by atoms with Crippen molar-refractivity contribution >= 4 is 11.6 Å². The van der Waals surface area contributed by atoms with Gasteiger partial charge in [0.1, 0.15) is 0 Å². The van der Waals surface area contributed by atoms with Crippen molar-refractivity contribution in [1.82, 2.24) is 20.1 Å². The van der Waals surface area contributed by atoms with Gasteiger partial charge in [-0.25, -0.2) is 9.67 Å². The van der Waals surface area contributed by atoms with E-state index >= 15 is 0 Å². The molecule has 0 saturated carbocycles. The summed E-state index contributed by atoms with van der Waals surface area (Å²) in [5, 5.41) is 7.94. The van der Waals surface area contributed by atoms with Crippen molar-refractivity contribution in [2.75, 3.05) is 6.54 Å². The third-order valence-corrected chi connectivity index (χ3v) is 2.37. The number of pyridine rings is 1. The van der Waals surface area contributed by atoms with Crippen molar-refractivity contribution in [1.29, 1.82) is 0 Å². The van der Waals surface area contributed by atoms with Crippen molar-refractivity contribution in [3.05, 3.63) is 41.3 Å². The lowest BCUT2D eigenvalue weighted by atomic mass is 10.3. The van der Waals surface area contributed by atoms with Gasteiger partial charge in [0.15, 0.2) is 5.82 Å². The second-order valence-electron chi connectivity index (χ2n) is 3.41. The molecule has 16 heavy (non-hydrogen) atoms. The van der Waals surface area contributed by atoms with Crippen LogP contribution in [0.15, 0.2) is 30.7 Å². The summed E-state index contributed by atoms with van der Waals surface area (Å²) in [6.45, 7) is 3.87. The molecule has 0 bridgehead atoms. The molecular weight excluding hydrogens is 224 g/mol. The minimum absolute atomic E-state index is 0.610. The van der Waals surface area contributed by atoms with Gasteiger partial charge in [0.25, 0.3) is 0 Å². The van der Waals surface area contributed by atoms with E-state index in [-0.39, 0.29) is 0 Å². The molecule has 0 radical (unpaired) electrons. The largest absolute Gasteiger partial charge is 0.313 e. The molecule has 0 aromatic carbocycles. The molecular formula is C11H13ClN4. The Bertz CT molecular complexity index is 449. The van der Waals surface area contributed by atoms with Gasteiger partial charge < -0.3 is 5.32 Å². The lowest BCUT2D eigenvalue weighted by Gasteiger charge is -2.03. The molecule has 4 nitrogen and oxygen atoms in total. The highest BCUT2D eigenvalue weighted by atomic mass is 35.5. The lowest BCUT2D eigenvalue weighted by Crippen LogP contribution is -2.12. The van der Waals surface area contributed by atoms with E-state index in [4.69, 9.17) is 11.6 Å². The Morgan fingerprint density at radius 1 is 1.38 bits per heavy atom. The second kappa shape index (κ2) is 5.09. The monoisotopic (exact) mass is 236 g/mol. The zero-order valence-corrected chi connectivity index (χ0v) is 9.78. The van der Waals surface area contributed by atoms with Gasteiger partial charge in [-0.1, -0.05) is 24.6 Å². The molecule has 84 valence electrons. The van der Waals surface area contributed by atoms with E-state index in [0.29, 0.717) is 5.02 Å². The van der Waals surface area contributed by atoms with Crippen molar-refractivity contribution in [3.8, 4) is 5.82 Å². The first-order chi connectivity index (χ1) is 7.79. The molecule has 2 heterocycles. The van der Waals surface area contributed by atoms with Gasteiger partial charge >= 0.3 is 0 Å².